The molecular weight excluding hydrogens is 472 g/mol. The van der Waals surface area contributed by atoms with Crippen molar-refractivity contribution in [2.24, 2.45) is 5.92 Å². The summed E-state index contributed by atoms with van der Waals surface area (Å²) in [5.74, 6) is 7.92. The highest BCUT2D eigenvalue weighted by Crippen LogP contribution is 2.27. The van der Waals surface area contributed by atoms with Crippen molar-refractivity contribution in [1.29, 1.82) is 0 Å². The second-order valence-corrected chi connectivity index (χ2v) is 10.3. The molecule has 0 aromatic heterocycles. The standard InChI is InChI=1S/C32H38N4O2/c1-24(21-35(2)3)22-36(32(37)34-28-16-18-29(38-4)19-17-28)23-31-30(20-33-31)27-14-12-26(13-15-27)11-10-25-8-6-5-7-9-25/h5-9,12-19,24,30-31,33H,20-23H2,1-4H3,(H,34,37)/t24?,30-,31+/m1/s1. The Hall–Kier alpha value is -3.79. The highest BCUT2D eigenvalue weighted by Gasteiger charge is 2.34. The Labute approximate surface area is 227 Å². The molecule has 0 saturated carbocycles. The first-order valence-corrected chi connectivity index (χ1v) is 13.2. The van der Waals surface area contributed by atoms with Gasteiger partial charge in [0.15, 0.2) is 0 Å². The molecule has 0 bridgehead atoms. The first kappa shape index (κ1) is 27.3. The van der Waals surface area contributed by atoms with Gasteiger partial charge in [-0.3, -0.25) is 0 Å². The van der Waals surface area contributed by atoms with Crippen LogP contribution >= 0.6 is 0 Å². The number of nitrogens with zero attached hydrogens (tertiary/aromatic N) is 2. The van der Waals surface area contributed by atoms with Gasteiger partial charge in [-0.2, -0.15) is 0 Å². The Morgan fingerprint density at radius 2 is 1.63 bits per heavy atom. The monoisotopic (exact) mass is 510 g/mol. The third-order valence-corrected chi connectivity index (χ3v) is 6.80. The van der Waals surface area contributed by atoms with Crippen molar-refractivity contribution in [3.05, 3.63) is 95.6 Å². The van der Waals surface area contributed by atoms with Crippen LogP contribution in [0.5, 0.6) is 5.75 Å². The van der Waals surface area contributed by atoms with E-state index < -0.39 is 0 Å². The van der Waals surface area contributed by atoms with Gasteiger partial charge in [-0.25, -0.2) is 4.79 Å². The van der Waals surface area contributed by atoms with Crippen LogP contribution in [0.15, 0.2) is 78.9 Å². The summed E-state index contributed by atoms with van der Waals surface area (Å²) in [4.78, 5) is 17.5. The van der Waals surface area contributed by atoms with E-state index in [1.807, 2.05) is 59.5 Å². The van der Waals surface area contributed by atoms with Crippen molar-refractivity contribution >= 4 is 11.7 Å². The predicted molar refractivity (Wildman–Crippen MR) is 155 cm³/mol. The largest absolute Gasteiger partial charge is 0.497 e. The molecule has 1 saturated heterocycles. The summed E-state index contributed by atoms with van der Waals surface area (Å²) >= 11 is 0. The molecule has 3 aromatic carbocycles. The fourth-order valence-electron chi connectivity index (χ4n) is 4.84. The van der Waals surface area contributed by atoms with Crippen LogP contribution in [0.4, 0.5) is 10.5 Å². The van der Waals surface area contributed by atoms with Crippen molar-refractivity contribution in [3.8, 4) is 17.6 Å². The van der Waals surface area contributed by atoms with E-state index in [2.05, 4.69) is 72.7 Å². The number of anilines is 1. The molecule has 1 aliphatic rings. The molecule has 2 N–H and O–H groups in total. The molecule has 1 heterocycles. The minimum atomic E-state index is -0.0836. The molecule has 3 atom stereocenters. The SMILES string of the molecule is COc1ccc(NC(=O)N(CC(C)CN(C)C)C[C@@H]2NC[C@@H]2c2ccc(C#Cc3ccccc3)cc2)cc1. The summed E-state index contributed by atoms with van der Waals surface area (Å²) in [6.07, 6.45) is 0. The molecule has 6 nitrogen and oxygen atoms in total. The molecule has 6 heteroatoms. The van der Waals surface area contributed by atoms with Crippen LogP contribution in [-0.4, -0.2) is 69.3 Å². The molecule has 0 aliphatic carbocycles. The lowest BCUT2D eigenvalue weighted by molar-refractivity contribution is 0.167. The third-order valence-electron chi connectivity index (χ3n) is 6.80. The van der Waals surface area contributed by atoms with E-state index in [1.165, 1.54) is 5.56 Å². The van der Waals surface area contributed by atoms with Crippen molar-refractivity contribution in [2.45, 2.75) is 18.9 Å². The quantitative estimate of drug-likeness (QED) is 0.403. The van der Waals surface area contributed by atoms with E-state index in [4.69, 9.17) is 4.74 Å². The van der Waals surface area contributed by atoms with E-state index in [1.54, 1.807) is 7.11 Å². The fraction of sp³-hybridized carbons (Fsp3) is 0.344. The van der Waals surface area contributed by atoms with Crippen molar-refractivity contribution in [3.63, 3.8) is 0 Å². The van der Waals surface area contributed by atoms with E-state index in [0.717, 1.165) is 35.7 Å². The average molecular weight is 511 g/mol. The lowest BCUT2D eigenvalue weighted by Crippen LogP contribution is -2.58. The molecule has 4 rings (SSSR count). The molecule has 3 aromatic rings. The lowest BCUT2D eigenvalue weighted by atomic mass is 9.84. The Balaban J connectivity index is 1.42. The maximum Gasteiger partial charge on any atom is 0.321 e. The number of amides is 2. The van der Waals surface area contributed by atoms with Crippen LogP contribution in [0.2, 0.25) is 0 Å². The van der Waals surface area contributed by atoms with Gasteiger partial charge < -0.3 is 25.2 Å². The summed E-state index contributed by atoms with van der Waals surface area (Å²) in [6.45, 7) is 5.33. The molecule has 1 fully saturated rings. The molecule has 38 heavy (non-hydrogen) atoms. The molecular formula is C32H38N4O2. The van der Waals surface area contributed by atoms with Crippen LogP contribution in [0.1, 0.15) is 29.5 Å². The average Bonchev–Trinajstić information content (AvgIpc) is 2.90. The number of nitrogens with one attached hydrogen (secondary N) is 2. The van der Waals surface area contributed by atoms with Gasteiger partial charge in [0, 0.05) is 55.0 Å². The summed E-state index contributed by atoms with van der Waals surface area (Å²) in [5.41, 5.74) is 4.04. The zero-order valence-electron chi connectivity index (χ0n) is 22.8. The van der Waals surface area contributed by atoms with E-state index in [9.17, 15) is 4.79 Å². The molecule has 2 amide bonds. The molecule has 0 spiro atoms. The normalized spacial score (nSPS) is 17.1. The Morgan fingerprint density at radius 1 is 0.974 bits per heavy atom. The van der Waals surface area contributed by atoms with Gasteiger partial charge in [0.05, 0.1) is 7.11 Å². The predicted octanol–water partition coefficient (Wildman–Crippen LogP) is 4.88. The van der Waals surface area contributed by atoms with E-state index >= 15 is 0 Å². The molecule has 198 valence electrons. The second-order valence-electron chi connectivity index (χ2n) is 10.3. The van der Waals surface area contributed by atoms with Crippen LogP contribution in [-0.2, 0) is 0 Å². The zero-order chi connectivity index (χ0) is 26.9. The summed E-state index contributed by atoms with van der Waals surface area (Å²) < 4.78 is 5.24. The maximum absolute atomic E-state index is 13.4. The van der Waals surface area contributed by atoms with E-state index in [-0.39, 0.29) is 12.1 Å². The first-order chi connectivity index (χ1) is 18.4. The van der Waals surface area contributed by atoms with E-state index in [0.29, 0.717) is 24.9 Å². The topological polar surface area (TPSA) is 56.8 Å². The smallest absolute Gasteiger partial charge is 0.321 e. The number of hydrogen-bond donors (Lipinski definition) is 2. The third kappa shape index (κ3) is 7.61. The molecule has 0 radical (unpaired) electrons. The Bertz CT molecular complexity index is 1230. The number of ether oxygens (including phenoxy) is 1. The van der Waals surface area contributed by atoms with Gasteiger partial charge in [-0.15, -0.1) is 0 Å². The van der Waals surface area contributed by atoms with Crippen LogP contribution in [0.25, 0.3) is 0 Å². The van der Waals surface area contributed by atoms with Crippen molar-refractivity contribution < 1.29 is 9.53 Å². The minimum Gasteiger partial charge on any atom is -0.497 e. The van der Waals surface area contributed by atoms with Crippen LogP contribution < -0.4 is 15.4 Å². The Kier molecular flexibility index (Phi) is 9.42. The minimum absolute atomic E-state index is 0.0836. The second kappa shape index (κ2) is 13.1. The maximum atomic E-state index is 13.4. The van der Waals surface area contributed by atoms with Crippen LogP contribution in [0.3, 0.4) is 0 Å². The lowest BCUT2D eigenvalue weighted by Gasteiger charge is -2.42. The van der Waals surface area contributed by atoms with Gasteiger partial charge in [-0.1, -0.05) is 49.1 Å². The van der Waals surface area contributed by atoms with Gasteiger partial charge in [0.1, 0.15) is 5.75 Å². The highest BCUT2D eigenvalue weighted by atomic mass is 16.5. The molecule has 1 aliphatic heterocycles. The van der Waals surface area contributed by atoms with Crippen molar-refractivity contribution in [1.82, 2.24) is 15.1 Å². The highest BCUT2D eigenvalue weighted by molar-refractivity contribution is 5.89. The zero-order valence-corrected chi connectivity index (χ0v) is 22.8. The first-order valence-electron chi connectivity index (χ1n) is 13.2. The van der Waals surface area contributed by atoms with Crippen molar-refractivity contribution in [2.75, 3.05) is 52.7 Å². The van der Waals surface area contributed by atoms with Gasteiger partial charge in [0.25, 0.3) is 0 Å². The Morgan fingerprint density at radius 3 is 2.21 bits per heavy atom. The molecule has 1 unspecified atom stereocenters. The number of carbonyl (C=O) groups is 1. The number of urea groups is 1. The number of rotatable bonds is 9. The van der Waals surface area contributed by atoms with Gasteiger partial charge in [-0.05, 0) is 74.1 Å². The van der Waals surface area contributed by atoms with Gasteiger partial charge >= 0.3 is 6.03 Å². The number of methoxy groups -OCH3 is 1. The number of hydrogen-bond acceptors (Lipinski definition) is 4. The summed E-state index contributed by atoms with van der Waals surface area (Å²) in [7, 11) is 5.76. The number of benzene rings is 3. The summed E-state index contributed by atoms with van der Waals surface area (Å²) in [5, 5.41) is 6.63. The van der Waals surface area contributed by atoms with Crippen LogP contribution in [0, 0.1) is 17.8 Å². The van der Waals surface area contributed by atoms with Gasteiger partial charge in [0.2, 0.25) is 0 Å². The fourth-order valence-corrected chi connectivity index (χ4v) is 4.84. The number of carbonyl (C=O) groups excluding carboxylic acids is 1. The summed E-state index contributed by atoms with van der Waals surface area (Å²) in [6, 6.07) is 26.1.